The average molecular weight is 366 g/mol. The van der Waals surface area contributed by atoms with E-state index in [9.17, 15) is 4.79 Å². The molecule has 1 aliphatic rings. The fraction of sp³-hybridized carbons (Fsp3) is 0.111. The molecule has 0 spiro atoms. The molecule has 124 valence electrons. The Kier molecular flexibility index (Phi) is 4.33. The molecule has 1 amide bonds. The van der Waals surface area contributed by atoms with Gasteiger partial charge in [0, 0.05) is 11.1 Å². The van der Waals surface area contributed by atoms with E-state index in [1.807, 2.05) is 24.3 Å². The van der Waals surface area contributed by atoms with Crippen molar-refractivity contribution in [2.45, 2.75) is 13.5 Å². The van der Waals surface area contributed by atoms with Crippen LogP contribution in [0.15, 0.2) is 51.8 Å². The molecule has 0 fully saturated rings. The van der Waals surface area contributed by atoms with E-state index in [1.54, 1.807) is 23.6 Å². The summed E-state index contributed by atoms with van der Waals surface area (Å²) in [5.41, 5.74) is 3.61. The number of hydrogen-bond acceptors (Lipinski definition) is 6. The highest BCUT2D eigenvalue weighted by molar-refractivity contribution is 8.18. The SMILES string of the molecule is Cc1ccsc1CNC1=NC(=O)C(=Cc2ccc3ncccc3n2)S1. The molecule has 5 nitrogen and oxygen atoms in total. The highest BCUT2D eigenvalue weighted by Gasteiger charge is 2.22. The second-order valence-electron chi connectivity index (χ2n) is 5.49. The molecule has 0 aliphatic carbocycles. The molecular weight excluding hydrogens is 352 g/mol. The number of hydrogen-bond donors (Lipinski definition) is 1. The summed E-state index contributed by atoms with van der Waals surface area (Å²) in [5, 5.41) is 5.93. The van der Waals surface area contributed by atoms with Crippen LogP contribution in [0.1, 0.15) is 16.1 Å². The number of aromatic nitrogens is 2. The molecule has 25 heavy (non-hydrogen) atoms. The van der Waals surface area contributed by atoms with E-state index in [0.717, 1.165) is 16.7 Å². The van der Waals surface area contributed by atoms with Crippen LogP contribution < -0.4 is 5.32 Å². The molecule has 7 heteroatoms. The molecule has 0 saturated heterocycles. The number of aryl methyl sites for hydroxylation is 1. The number of carbonyl (C=O) groups is 1. The molecule has 1 aliphatic heterocycles. The first kappa shape index (κ1) is 16.0. The van der Waals surface area contributed by atoms with Gasteiger partial charge in [0.25, 0.3) is 5.91 Å². The summed E-state index contributed by atoms with van der Waals surface area (Å²) in [4.78, 5) is 26.8. The predicted molar refractivity (Wildman–Crippen MR) is 103 cm³/mol. The Balaban J connectivity index is 1.49. The first-order chi connectivity index (χ1) is 12.2. The topological polar surface area (TPSA) is 67.2 Å². The molecule has 3 aromatic heterocycles. The normalized spacial score (nSPS) is 15.8. The molecule has 0 radical (unpaired) electrons. The Bertz CT molecular complexity index is 1020. The van der Waals surface area contributed by atoms with E-state index >= 15 is 0 Å². The van der Waals surface area contributed by atoms with Crippen molar-refractivity contribution in [3.8, 4) is 0 Å². The van der Waals surface area contributed by atoms with Gasteiger partial charge in [-0.1, -0.05) is 0 Å². The quantitative estimate of drug-likeness (QED) is 0.715. The van der Waals surface area contributed by atoms with E-state index < -0.39 is 0 Å². The molecule has 1 N–H and O–H groups in total. The lowest BCUT2D eigenvalue weighted by Crippen LogP contribution is -2.17. The molecule has 0 unspecified atom stereocenters. The Hall–Kier alpha value is -2.51. The van der Waals surface area contributed by atoms with Crippen molar-refractivity contribution in [2.24, 2.45) is 4.99 Å². The minimum atomic E-state index is -0.233. The number of nitrogens with one attached hydrogen (secondary N) is 1. The molecule has 3 aromatic rings. The Morgan fingerprint density at radius 3 is 2.96 bits per heavy atom. The van der Waals surface area contributed by atoms with Gasteiger partial charge in [-0.3, -0.25) is 9.78 Å². The summed E-state index contributed by atoms with van der Waals surface area (Å²) in [6.07, 6.45) is 3.51. The van der Waals surface area contributed by atoms with E-state index in [-0.39, 0.29) is 5.91 Å². The number of thiophene rings is 1. The first-order valence-corrected chi connectivity index (χ1v) is 9.40. The highest BCUT2D eigenvalue weighted by Crippen LogP contribution is 2.28. The summed E-state index contributed by atoms with van der Waals surface area (Å²) in [5.74, 6) is -0.233. The summed E-state index contributed by atoms with van der Waals surface area (Å²) >= 11 is 3.04. The molecular formula is C18H14N4OS2. The minimum absolute atomic E-state index is 0.233. The van der Waals surface area contributed by atoms with E-state index in [1.165, 1.54) is 22.2 Å². The summed E-state index contributed by atoms with van der Waals surface area (Å²) in [6, 6.07) is 9.59. The number of aliphatic imine (C=N–C) groups is 1. The fourth-order valence-corrected chi connectivity index (χ4v) is 4.05. The fourth-order valence-electron chi connectivity index (χ4n) is 2.41. The lowest BCUT2D eigenvalue weighted by atomic mass is 10.2. The van der Waals surface area contributed by atoms with Crippen molar-refractivity contribution in [1.29, 1.82) is 0 Å². The first-order valence-electron chi connectivity index (χ1n) is 7.70. The van der Waals surface area contributed by atoms with Crippen molar-refractivity contribution in [3.05, 3.63) is 62.9 Å². The Labute approximate surface area is 152 Å². The van der Waals surface area contributed by atoms with Gasteiger partial charge >= 0.3 is 0 Å². The lowest BCUT2D eigenvalue weighted by molar-refractivity contribution is -0.113. The van der Waals surface area contributed by atoms with Gasteiger partial charge in [0.2, 0.25) is 0 Å². The lowest BCUT2D eigenvalue weighted by Gasteiger charge is -2.03. The minimum Gasteiger partial charge on any atom is -0.359 e. The van der Waals surface area contributed by atoms with Crippen LogP contribution in [0.25, 0.3) is 17.1 Å². The number of fused-ring (bicyclic) bond motifs is 1. The van der Waals surface area contributed by atoms with Gasteiger partial charge < -0.3 is 5.32 Å². The third-order valence-electron chi connectivity index (χ3n) is 3.75. The van der Waals surface area contributed by atoms with Crippen molar-refractivity contribution in [1.82, 2.24) is 15.3 Å². The van der Waals surface area contributed by atoms with Crippen LogP contribution in [0.2, 0.25) is 0 Å². The molecule has 4 rings (SSSR count). The molecule has 0 atom stereocenters. The average Bonchev–Trinajstić information content (AvgIpc) is 3.18. The Morgan fingerprint density at radius 1 is 1.20 bits per heavy atom. The summed E-state index contributed by atoms with van der Waals surface area (Å²) < 4.78 is 0. The van der Waals surface area contributed by atoms with Crippen LogP contribution in [-0.4, -0.2) is 21.0 Å². The van der Waals surface area contributed by atoms with Gasteiger partial charge in [-0.05, 0) is 66.0 Å². The molecule has 4 heterocycles. The van der Waals surface area contributed by atoms with Gasteiger partial charge in [0.05, 0.1) is 28.2 Å². The van der Waals surface area contributed by atoms with E-state index in [0.29, 0.717) is 16.6 Å². The van der Waals surface area contributed by atoms with Crippen molar-refractivity contribution in [2.75, 3.05) is 0 Å². The molecule has 0 saturated carbocycles. The van der Waals surface area contributed by atoms with Crippen molar-refractivity contribution in [3.63, 3.8) is 0 Å². The van der Waals surface area contributed by atoms with Crippen LogP contribution in [0, 0.1) is 6.92 Å². The summed E-state index contributed by atoms with van der Waals surface area (Å²) in [7, 11) is 0. The number of pyridine rings is 2. The molecule has 0 aromatic carbocycles. The number of nitrogens with zero attached hydrogens (tertiary/aromatic N) is 3. The van der Waals surface area contributed by atoms with Gasteiger partial charge in [-0.15, -0.1) is 11.3 Å². The molecule has 0 bridgehead atoms. The number of rotatable bonds is 3. The number of amides is 1. The van der Waals surface area contributed by atoms with Crippen LogP contribution in [0.5, 0.6) is 0 Å². The highest BCUT2D eigenvalue weighted by atomic mass is 32.2. The van der Waals surface area contributed by atoms with Gasteiger partial charge in [0.1, 0.15) is 0 Å². The van der Waals surface area contributed by atoms with Gasteiger partial charge in [-0.25, -0.2) is 4.98 Å². The van der Waals surface area contributed by atoms with Crippen molar-refractivity contribution < 1.29 is 4.79 Å². The second-order valence-corrected chi connectivity index (χ2v) is 7.52. The maximum Gasteiger partial charge on any atom is 0.286 e. The zero-order valence-corrected chi connectivity index (χ0v) is 15.0. The van der Waals surface area contributed by atoms with Crippen molar-refractivity contribution >= 4 is 51.3 Å². The third kappa shape index (κ3) is 3.47. The monoisotopic (exact) mass is 366 g/mol. The number of carbonyl (C=O) groups excluding carboxylic acids is 1. The maximum absolute atomic E-state index is 12.1. The standard InChI is InChI=1S/C18H14N4OS2/c1-11-6-8-24-16(11)10-20-18-22-17(23)15(25-18)9-12-4-5-13-14(21-12)3-2-7-19-13/h2-9H,10H2,1H3,(H,20,22,23). The van der Waals surface area contributed by atoms with Crippen LogP contribution in [0.3, 0.4) is 0 Å². The van der Waals surface area contributed by atoms with Gasteiger partial charge in [0.15, 0.2) is 5.17 Å². The zero-order chi connectivity index (χ0) is 17.2. The van der Waals surface area contributed by atoms with E-state index in [2.05, 4.69) is 38.6 Å². The Morgan fingerprint density at radius 2 is 2.12 bits per heavy atom. The van der Waals surface area contributed by atoms with Gasteiger partial charge in [-0.2, -0.15) is 4.99 Å². The van der Waals surface area contributed by atoms with Crippen LogP contribution in [-0.2, 0) is 11.3 Å². The number of thioether (sulfide) groups is 1. The van der Waals surface area contributed by atoms with E-state index in [4.69, 9.17) is 0 Å². The summed E-state index contributed by atoms with van der Waals surface area (Å²) in [6.45, 7) is 2.75. The van der Waals surface area contributed by atoms with Crippen LogP contribution >= 0.6 is 23.1 Å². The zero-order valence-electron chi connectivity index (χ0n) is 13.4. The smallest absolute Gasteiger partial charge is 0.286 e. The third-order valence-corrected chi connectivity index (χ3v) is 5.71. The second kappa shape index (κ2) is 6.78. The van der Waals surface area contributed by atoms with Crippen LogP contribution in [0.4, 0.5) is 0 Å². The maximum atomic E-state index is 12.1. The predicted octanol–water partition coefficient (Wildman–Crippen LogP) is 3.76. The number of amidine groups is 1. The largest absolute Gasteiger partial charge is 0.359 e.